The zero-order valence-corrected chi connectivity index (χ0v) is 20.9. The smallest absolute Gasteiger partial charge is 0.302 e. The summed E-state index contributed by atoms with van der Waals surface area (Å²) in [5.74, 6) is 0.824. The van der Waals surface area contributed by atoms with Crippen LogP contribution < -0.4 is 0 Å². The molecule has 0 radical (unpaired) electrons. The van der Waals surface area contributed by atoms with Crippen LogP contribution in [0.4, 0.5) is 5.69 Å². The van der Waals surface area contributed by atoms with Gasteiger partial charge in [-0.05, 0) is 53.4 Å². The van der Waals surface area contributed by atoms with E-state index in [0.717, 1.165) is 10.9 Å². The van der Waals surface area contributed by atoms with Crippen LogP contribution in [-0.2, 0) is 0 Å². The molecule has 0 amide bonds. The molecular formula is C23H37ClN3P. The van der Waals surface area contributed by atoms with E-state index in [0.29, 0.717) is 23.9 Å². The van der Waals surface area contributed by atoms with Gasteiger partial charge in [0.1, 0.15) is 0 Å². The van der Waals surface area contributed by atoms with Gasteiger partial charge >= 0.3 is 5.20 Å². The number of nitrogens with zero attached hydrogens (tertiary/aromatic N) is 3. The van der Waals surface area contributed by atoms with E-state index in [4.69, 9.17) is 16.3 Å². The van der Waals surface area contributed by atoms with E-state index < -0.39 is 7.05 Å². The first-order chi connectivity index (χ1) is 13.0. The Morgan fingerprint density at radius 1 is 0.786 bits per heavy atom. The van der Waals surface area contributed by atoms with Crippen LogP contribution in [0.25, 0.3) is 5.09 Å². The highest BCUT2D eigenvalue weighted by Crippen LogP contribution is 2.52. The normalized spacial score (nSPS) is 12.6. The molecule has 0 saturated carbocycles. The van der Waals surface area contributed by atoms with Crippen molar-refractivity contribution in [1.82, 2.24) is 9.13 Å². The van der Waals surface area contributed by atoms with Crippen molar-refractivity contribution in [3.05, 3.63) is 51.0 Å². The van der Waals surface area contributed by atoms with Crippen LogP contribution in [0, 0.1) is 19.0 Å². The Labute approximate surface area is 177 Å². The maximum Gasteiger partial charge on any atom is 0.302 e. The van der Waals surface area contributed by atoms with Gasteiger partial charge in [0.25, 0.3) is 0 Å². The lowest BCUT2D eigenvalue weighted by Gasteiger charge is -2.25. The zero-order valence-electron chi connectivity index (χ0n) is 19.2. The van der Waals surface area contributed by atoms with E-state index in [9.17, 15) is 0 Å². The van der Waals surface area contributed by atoms with Crippen LogP contribution in [0.15, 0.2) is 18.2 Å². The van der Waals surface area contributed by atoms with Gasteiger partial charge in [-0.2, -0.15) is 0 Å². The first-order valence-electron chi connectivity index (χ1n) is 10.4. The van der Waals surface area contributed by atoms with Crippen molar-refractivity contribution >= 4 is 24.0 Å². The summed E-state index contributed by atoms with van der Waals surface area (Å²) in [6.07, 6.45) is 0. The van der Waals surface area contributed by atoms with Crippen molar-refractivity contribution in [2.45, 2.75) is 93.2 Å². The molecule has 1 heterocycles. The van der Waals surface area contributed by atoms with Gasteiger partial charge in [0.15, 0.2) is 11.2 Å². The highest BCUT2D eigenvalue weighted by Gasteiger charge is 2.22. The summed E-state index contributed by atoms with van der Waals surface area (Å²) in [4.78, 5) is 0. The summed E-state index contributed by atoms with van der Waals surface area (Å²) in [6, 6.07) is 7.24. The molecule has 0 aliphatic rings. The topological polar surface area (TPSA) is 24.0 Å². The molecule has 3 nitrogen and oxygen atoms in total. The fourth-order valence-electron chi connectivity index (χ4n) is 3.94. The molecule has 0 aliphatic heterocycles. The summed E-state index contributed by atoms with van der Waals surface area (Å²) in [5.41, 5.74) is 6.22. The van der Waals surface area contributed by atoms with Crippen LogP contribution in [0.2, 0.25) is 0 Å². The van der Waals surface area contributed by atoms with Gasteiger partial charge < -0.3 is 5.09 Å². The second kappa shape index (κ2) is 9.09. The molecule has 0 N–H and O–H groups in total. The van der Waals surface area contributed by atoms with Crippen LogP contribution >= 0.6 is 18.3 Å². The van der Waals surface area contributed by atoms with Crippen molar-refractivity contribution < 1.29 is 0 Å². The number of benzene rings is 1. The Balaban J connectivity index is 2.83. The molecule has 0 aliphatic carbocycles. The molecule has 0 fully saturated rings. The average Bonchev–Trinajstić information content (AvgIpc) is 2.86. The van der Waals surface area contributed by atoms with Crippen molar-refractivity contribution in [2.24, 2.45) is 0 Å². The third kappa shape index (κ3) is 4.36. The molecule has 2 aromatic rings. The lowest BCUT2D eigenvalue weighted by molar-refractivity contribution is 0.531. The van der Waals surface area contributed by atoms with Crippen molar-refractivity contribution in [3.63, 3.8) is 0 Å². The van der Waals surface area contributed by atoms with E-state index >= 15 is 0 Å². The van der Waals surface area contributed by atoms with Gasteiger partial charge in [-0.15, -0.1) is 0 Å². The lowest BCUT2D eigenvalue weighted by atomic mass is 9.93. The minimum absolute atomic E-state index is 0.345. The first kappa shape index (κ1) is 23.1. The van der Waals surface area contributed by atoms with Crippen molar-refractivity contribution in [2.75, 3.05) is 0 Å². The molecule has 2 rings (SSSR count). The minimum atomic E-state index is -1.21. The summed E-state index contributed by atoms with van der Waals surface area (Å²) >= 11 is 7.13. The van der Waals surface area contributed by atoms with Gasteiger partial charge in [-0.3, -0.25) is 9.13 Å². The molecule has 1 aromatic carbocycles. The monoisotopic (exact) mass is 421 g/mol. The zero-order chi connectivity index (χ0) is 21.3. The maximum absolute atomic E-state index is 7.13. The molecule has 5 heteroatoms. The second-order valence-corrected chi connectivity index (χ2v) is 10.9. The first-order valence-corrected chi connectivity index (χ1v) is 12.6. The fraction of sp³-hybridized carbons (Fsp3) is 0.609. The molecule has 28 heavy (non-hydrogen) atoms. The number of halogens is 1. The van der Waals surface area contributed by atoms with Gasteiger partial charge in [0.2, 0.25) is 7.05 Å². The highest BCUT2D eigenvalue weighted by atomic mass is 35.7. The molecule has 1 unspecified atom stereocenters. The molecule has 0 saturated heterocycles. The largest absolute Gasteiger partial charge is 0.453 e. The Kier molecular flexibility index (Phi) is 7.50. The Bertz CT molecular complexity index is 841. The Morgan fingerprint density at radius 2 is 1.18 bits per heavy atom. The Hall–Kier alpha value is -1.18. The predicted molar refractivity (Wildman–Crippen MR) is 126 cm³/mol. The van der Waals surface area contributed by atoms with Gasteiger partial charge in [0, 0.05) is 23.5 Å². The third-order valence-corrected chi connectivity index (χ3v) is 7.22. The SMILES string of the molecule is Cc1c(C)n(C(C)C)c(=[P+](Cl)[N-]c2c(C(C)C)cccc2C(C)C)n1C(C)C. The average molecular weight is 422 g/mol. The number of aromatic nitrogens is 2. The molecule has 0 bridgehead atoms. The van der Waals surface area contributed by atoms with Crippen LogP contribution in [0.1, 0.15) is 102 Å². The van der Waals surface area contributed by atoms with Crippen molar-refractivity contribution in [1.29, 1.82) is 0 Å². The van der Waals surface area contributed by atoms with Crippen LogP contribution in [-0.4, -0.2) is 9.13 Å². The van der Waals surface area contributed by atoms with Gasteiger partial charge in [-0.25, -0.2) is 0 Å². The fourth-order valence-corrected chi connectivity index (χ4v) is 6.27. The summed E-state index contributed by atoms with van der Waals surface area (Å²) in [6.45, 7) is 22.2. The number of imidazole rings is 1. The second-order valence-electron chi connectivity index (χ2n) is 8.85. The van der Waals surface area contributed by atoms with E-state index in [2.05, 4.69) is 96.6 Å². The number of hydrogen-bond acceptors (Lipinski definition) is 0. The molecular weight excluding hydrogens is 385 g/mol. The van der Waals surface area contributed by atoms with E-state index in [1.54, 1.807) is 0 Å². The maximum atomic E-state index is 7.13. The Morgan fingerprint density at radius 3 is 1.50 bits per heavy atom. The summed E-state index contributed by atoms with van der Waals surface area (Å²) in [7, 11) is -1.21. The summed E-state index contributed by atoms with van der Waals surface area (Å²) in [5, 5.41) is 6.34. The van der Waals surface area contributed by atoms with Crippen molar-refractivity contribution in [3.8, 4) is 0 Å². The molecule has 1 atom stereocenters. The van der Waals surface area contributed by atoms with Gasteiger partial charge in [0.05, 0.1) is 0 Å². The number of rotatable bonds is 6. The predicted octanol–water partition coefficient (Wildman–Crippen LogP) is 9.10. The quantitative estimate of drug-likeness (QED) is 0.415. The molecule has 0 spiro atoms. The van der Waals surface area contributed by atoms with E-state index in [-0.39, 0.29) is 0 Å². The van der Waals surface area contributed by atoms with Gasteiger partial charge in [-0.1, -0.05) is 62.7 Å². The van der Waals surface area contributed by atoms with E-state index in [1.807, 2.05) is 0 Å². The molecule has 156 valence electrons. The third-order valence-electron chi connectivity index (χ3n) is 5.41. The highest BCUT2D eigenvalue weighted by molar-refractivity contribution is 7.79. The number of hydrogen-bond donors (Lipinski definition) is 0. The summed E-state index contributed by atoms with van der Waals surface area (Å²) < 4.78 is 4.76. The van der Waals surface area contributed by atoms with E-state index in [1.165, 1.54) is 22.5 Å². The standard InChI is InChI=1S/C23H37ClN3P/c1-14(2)20-12-11-13-21(15(3)4)22(20)25-28(24)23-26(16(5)6)18(9)19(10)27(23)17(7)8/h11-17H,1-10H3. The lowest BCUT2D eigenvalue weighted by Crippen LogP contribution is -2.07. The molecule has 1 aromatic heterocycles. The van der Waals surface area contributed by atoms with Crippen LogP contribution in [0.5, 0.6) is 0 Å². The van der Waals surface area contributed by atoms with Crippen LogP contribution in [0.3, 0.4) is 0 Å². The minimum Gasteiger partial charge on any atom is -0.453 e.